The molecule has 7 nitrogen and oxygen atoms in total. The second-order valence-corrected chi connectivity index (χ2v) is 9.71. The largest absolute Gasteiger partial charge is 0.481 e. The van der Waals surface area contributed by atoms with Gasteiger partial charge >= 0.3 is 12.1 Å². The van der Waals surface area contributed by atoms with Crippen LogP contribution in [0.5, 0.6) is 0 Å². The van der Waals surface area contributed by atoms with Crippen LogP contribution in [0.3, 0.4) is 0 Å². The Labute approximate surface area is 228 Å². The third kappa shape index (κ3) is 6.92. The average Bonchev–Trinajstić information content (AvgIpc) is 3.33. The minimum Gasteiger partial charge on any atom is -0.481 e. The van der Waals surface area contributed by atoms with Crippen molar-refractivity contribution in [2.24, 2.45) is 5.92 Å². The number of carbonyl (C=O) groups excluding carboxylic acids is 2. The van der Waals surface area contributed by atoms with Crippen molar-refractivity contribution in [2.45, 2.75) is 44.4 Å². The maximum Gasteiger partial charge on any atom is 0.433 e. The second-order valence-electron chi connectivity index (χ2n) is 9.71. The lowest BCUT2D eigenvalue weighted by atomic mass is 9.86. The van der Waals surface area contributed by atoms with Gasteiger partial charge in [-0.05, 0) is 55.5 Å². The fraction of sp³-hybridized carbons (Fsp3) is 0.333. The van der Waals surface area contributed by atoms with E-state index in [1.165, 1.54) is 0 Å². The molecule has 1 heterocycles. The Morgan fingerprint density at radius 2 is 1.41 bits per heavy atom. The molecule has 1 aliphatic carbocycles. The number of ketones is 1. The van der Waals surface area contributed by atoms with Gasteiger partial charge in [-0.3, -0.25) is 19.1 Å². The molecule has 0 radical (unpaired) electrons. The number of aliphatic carboxylic acids is 1. The lowest BCUT2D eigenvalue weighted by molar-refractivity contribution is -0.147. The summed E-state index contributed by atoms with van der Waals surface area (Å²) in [4.78, 5) is 38.2. The number of Topliss-reactive ketones (excluding diaryl/α,β-unsaturated/α-hetero) is 1. The van der Waals surface area contributed by atoms with Gasteiger partial charge in [0.25, 0.3) is 5.91 Å². The Hall–Kier alpha value is -4.23. The van der Waals surface area contributed by atoms with Gasteiger partial charge in [-0.1, -0.05) is 0 Å². The van der Waals surface area contributed by atoms with Crippen molar-refractivity contribution in [3.8, 4) is 0 Å². The smallest absolute Gasteiger partial charge is 0.433 e. The van der Waals surface area contributed by atoms with Crippen LogP contribution in [-0.2, 0) is 17.5 Å². The third-order valence-corrected chi connectivity index (χ3v) is 6.79. The predicted molar refractivity (Wildman–Crippen MR) is 128 cm³/mol. The second kappa shape index (κ2) is 11.7. The summed E-state index contributed by atoms with van der Waals surface area (Å²) in [6, 6.07) is 3.11. The van der Waals surface area contributed by atoms with E-state index in [1.807, 2.05) is 0 Å². The molecule has 2 aromatic carbocycles. The van der Waals surface area contributed by atoms with Gasteiger partial charge in [-0.2, -0.15) is 18.3 Å². The first-order chi connectivity index (χ1) is 19.2. The maximum absolute atomic E-state index is 14.3. The summed E-state index contributed by atoms with van der Waals surface area (Å²) >= 11 is 0. The Balaban J connectivity index is 1.71. The Morgan fingerprint density at radius 1 is 0.878 bits per heavy atom. The van der Waals surface area contributed by atoms with E-state index in [2.05, 4.69) is 5.10 Å². The zero-order chi connectivity index (χ0) is 30.1. The number of carboxylic acids is 1. The molecule has 1 aliphatic rings. The zero-order valence-corrected chi connectivity index (χ0v) is 21.1. The fourth-order valence-corrected chi connectivity index (χ4v) is 4.92. The number of rotatable bonds is 8. The standard InChI is InChI=1S/C27H22F7N3O4/c28-17-5-14(6-18(29)9-17)12-36(13-23(38)16-7-19(30)10-20(31)8-16)25(39)22-11-35-37(24(22)27(32,33)34)21-3-1-15(2-4-21)26(40)41/h5-11,15,21H,1-4,12-13H2,(H,40,41). The van der Waals surface area contributed by atoms with Crippen LogP contribution in [0.2, 0.25) is 0 Å². The summed E-state index contributed by atoms with van der Waals surface area (Å²) in [5, 5.41) is 13.0. The SMILES string of the molecule is O=C(CN(Cc1cc(F)cc(F)c1)C(=O)c1cnn(C2CCC(C(=O)O)CC2)c1C(F)(F)F)c1cc(F)cc(F)c1. The van der Waals surface area contributed by atoms with Crippen molar-refractivity contribution in [2.75, 3.05) is 6.54 Å². The Morgan fingerprint density at radius 3 is 1.93 bits per heavy atom. The Bertz CT molecular complexity index is 1440. The highest BCUT2D eigenvalue weighted by molar-refractivity contribution is 6.02. The van der Waals surface area contributed by atoms with Crippen molar-refractivity contribution in [3.05, 3.63) is 88.2 Å². The molecule has 0 saturated heterocycles. The van der Waals surface area contributed by atoms with Gasteiger partial charge < -0.3 is 10.0 Å². The van der Waals surface area contributed by atoms with Gasteiger partial charge in [0, 0.05) is 24.2 Å². The molecule has 1 amide bonds. The summed E-state index contributed by atoms with van der Waals surface area (Å²) in [6.07, 6.45) is -4.18. The molecule has 1 aromatic heterocycles. The lowest BCUT2D eigenvalue weighted by Crippen LogP contribution is -2.37. The van der Waals surface area contributed by atoms with Crippen LogP contribution in [0.15, 0.2) is 42.6 Å². The molecule has 0 atom stereocenters. The normalized spacial score (nSPS) is 17.3. The van der Waals surface area contributed by atoms with E-state index in [1.54, 1.807) is 0 Å². The first-order valence-corrected chi connectivity index (χ1v) is 12.3. The summed E-state index contributed by atoms with van der Waals surface area (Å²) in [7, 11) is 0. The summed E-state index contributed by atoms with van der Waals surface area (Å²) in [5.74, 6) is -8.55. The molecule has 3 aromatic rings. The number of alkyl halides is 3. The van der Waals surface area contributed by atoms with Crippen molar-refractivity contribution in [1.82, 2.24) is 14.7 Å². The van der Waals surface area contributed by atoms with E-state index in [4.69, 9.17) is 0 Å². The van der Waals surface area contributed by atoms with Crippen molar-refractivity contribution >= 4 is 17.7 Å². The highest BCUT2D eigenvalue weighted by Gasteiger charge is 2.43. The third-order valence-electron chi connectivity index (χ3n) is 6.79. The highest BCUT2D eigenvalue weighted by Crippen LogP contribution is 2.39. The monoisotopic (exact) mass is 585 g/mol. The van der Waals surface area contributed by atoms with Crippen LogP contribution in [0.1, 0.15) is 63.7 Å². The molecule has 218 valence electrons. The van der Waals surface area contributed by atoms with E-state index < -0.39 is 89.0 Å². The molecule has 0 spiro atoms. The van der Waals surface area contributed by atoms with Gasteiger partial charge in [0.2, 0.25) is 0 Å². The molecular formula is C27H22F7N3O4. The summed E-state index contributed by atoms with van der Waals surface area (Å²) in [5.41, 5.74) is -3.14. The van der Waals surface area contributed by atoms with Crippen LogP contribution in [-0.4, -0.2) is 44.0 Å². The van der Waals surface area contributed by atoms with Gasteiger partial charge in [-0.25, -0.2) is 17.6 Å². The molecular weight excluding hydrogens is 563 g/mol. The first-order valence-electron chi connectivity index (χ1n) is 12.3. The van der Waals surface area contributed by atoms with E-state index in [0.29, 0.717) is 40.0 Å². The molecule has 41 heavy (non-hydrogen) atoms. The van der Waals surface area contributed by atoms with Crippen molar-refractivity contribution in [1.29, 1.82) is 0 Å². The topological polar surface area (TPSA) is 92.5 Å². The lowest BCUT2D eigenvalue weighted by Gasteiger charge is -2.28. The number of nitrogens with zero attached hydrogens (tertiary/aromatic N) is 3. The van der Waals surface area contributed by atoms with E-state index in [0.717, 1.165) is 12.1 Å². The minimum absolute atomic E-state index is 0.0469. The van der Waals surface area contributed by atoms with Gasteiger partial charge in [0.1, 0.15) is 23.3 Å². The highest BCUT2D eigenvalue weighted by atomic mass is 19.4. The number of amides is 1. The number of hydrogen-bond donors (Lipinski definition) is 1. The van der Waals surface area contributed by atoms with Crippen LogP contribution in [0, 0.1) is 29.2 Å². The molecule has 14 heteroatoms. The van der Waals surface area contributed by atoms with Crippen LogP contribution < -0.4 is 0 Å². The van der Waals surface area contributed by atoms with E-state index in [-0.39, 0.29) is 31.2 Å². The number of carbonyl (C=O) groups is 3. The quantitative estimate of drug-likeness (QED) is 0.267. The molecule has 0 unspecified atom stereocenters. The number of halogens is 7. The van der Waals surface area contributed by atoms with Crippen molar-refractivity contribution in [3.63, 3.8) is 0 Å². The Kier molecular flexibility index (Phi) is 8.50. The minimum atomic E-state index is -5.11. The van der Waals surface area contributed by atoms with Crippen LogP contribution in [0.25, 0.3) is 0 Å². The predicted octanol–water partition coefficient (Wildman–Crippen LogP) is 5.80. The summed E-state index contributed by atoms with van der Waals surface area (Å²) in [6.45, 7) is -1.73. The molecule has 4 rings (SSSR count). The molecule has 0 bridgehead atoms. The number of aromatic nitrogens is 2. The zero-order valence-electron chi connectivity index (χ0n) is 21.1. The maximum atomic E-state index is 14.3. The van der Waals surface area contributed by atoms with E-state index >= 15 is 0 Å². The fourth-order valence-electron chi connectivity index (χ4n) is 4.92. The van der Waals surface area contributed by atoms with Crippen LogP contribution in [0.4, 0.5) is 30.7 Å². The van der Waals surface area contributed by atoms with Crippen LogP contribution >= 0.6 is 0 Å². The van der Waals surface area contributed by atoms with E-state index in [9.17, 15) is 50.2 Å². The number of benzene rings is 2. The van der Waals surface area contributed by atoms with Gasteiger partial charge in [0.15, 0.2) is 11.5 Å². The molecule has 0 aliphatic heterocycles. The molecule has 1 N–H and O–H groups in total. The summed E-state index contributed by atoms with van der Waals surface area (Å²) < 4.78 is 98.6. The molecule has 1 saturated carbocycles. The molecule has 1 fully saturated rings. The van der Waals surface area contributed by atoms with Gasteiger partial charge in [0.05, 0.1) is 30.3 Å². The number of hydrogen-bond acceptors (Lipinski definition) is 4. The average molecular weight is 585 g/mol. The number of carboxylic acid groups (broad SMARTS) is 1. The first kappa shape index (κ1) is 29.7. The van der Waals surface area contributed by atoms with Crippen molar-refractivity contribution < 1.29 is 50.2 Å². The van der Waals surface area contributed by atoms with Gasteiger partial charge in [-0.15, -0.1) is 0 Å².